The first-order valence-electron chi connectivity index (χ1n) is 10.4. The highest BCUT2D eigenvalue weighted by molar-refractivity contribution is 4.48. The van der Waals surface area contributed by atoms with Crippen molar-refractivity contribution in [3.8, 4) is 0 Å². The average Bonchev–Trinajstić information content (AvgIpc) is 2.64. The topological polar surface area (TPSA) is 77.4 Å². The van der Waals surface area contributed by atoms with Gasteiger partial charge in [0, 0.05) is 6.61 Å². The summed E-state index contributed by atoms with van der Waals surface area (Å²) >= 11 is 0. The quantitative estimate of drug-likeness (QED) is 0.222. The maximum atomic E-state index is 9.66. The third kappa shape index (κ3) is 21.8. The van der Waals surface area contributed by atoms with E-state index in [2.05, 4.69) is 6.92 Å². The largest absolute Gasteiger partial charge is 0.394 e. The van der Waals surface area contributed by atoms with Gasteiger partial charge in [0.15, 0.2) is 6.29 Å². The molecule has 1 atom stereocenters. The average molecular weight is 379 g/mol. The van der Waals surface area contributed by atoms with Crippen molar-refractivity contribution in [3.05, 3.63) is 0 Å². The second-order valence-electron chi connectivity index (χ2n) is 6.53. The molecular formula is C20H42O6. The van der Waals surface area contributed by atoms with Crippen LogP contribution in [-0.4, -0.2) is 69.4 Å². The van der Waals surface area contributed by atoms with E-state index in [0.717, 1.165) is 12.8 Å². The maximum absolute atomic E-state index is 9.66. The number of unbranched alkanes of at least 4 members (excludes halogenated alkanes) is 9. The first-order valence-corrected chi connectivity index (χ1v) is 10.4. The minimum atomic E-state index is -0.860. The second-order valence-corrected chi connectivity index (χ2v) is 6.53. The second kappa shape index (κ2) is 22.8. The van der Waals surface area contributed by atoms with Crippen LogP contribution in [0.5, 0.6) is 0 Å². The number of rotatable bonds is 22. The molecule has 0 aromatic rings. The molecule has 0 radical (unpaired) electrons. The molecule has 0 aromatic carbocycles. The van der Waals surface area contributed by atoms with Gasteiger partial charge < -0.3 is 29.2 Å². The molecule has 1 unspecified atom stereocenters. The Labute approximate surface area is 160 Å². The van der Waals surface area contributed by atoms with Crippen LogP contribution in [0.1, 0.15) is 71.1 Å². The normalized spacial score (nSPS) is 12.6. The lowest BCUT2D eigenvalue weighted by molar-refractivity contribution is -0.141. The summed E-state index contributed by atoms with van der Waals surface area (Å²) in [5.74, 6) is 0. The molecule has 0 rings (SSSR count). The molecule has 0 bridgehead atoms. The maximum Gasteiger partial charge on any atom is 0.178 e. The predicted molar refractivity (Wildman–Crippen MR) is 103 cm³/mol. The van der Waals surface area contributed by atoms with Gasteiger partial charge >= 0.3 is 0 Å². The molecule has 0 saturated carbocycles. The van der Waals surface area contributed by atoms with Gasteiger partial charge in [-0.15, -0.1) is 0 Å². The van der Waals surface area contributed by atoms with E-state index in [0.29, 0.717) is 39.6 Å². The van der Waals surface area contributed by atoms with Gasteiger partial charge in [-0.25, -0.2) is 0 Å². The van der Waals surface area contributed by atoms with Crippen molar-refractivity contribution in [1.29, 1.82) is 0 Å². The van der Waals surface area contributed by atoms with Gasteiger partial charge in [0.25, 0.3) is 0 Å². The highest BCUT2D eigenvalue weighted by Gasteiger charge is 2.03. The van der Waals surface area contributed by atoms with E-state index < -0.39 is 6.29 Å². The molecule has 0 spiro atoms. The number of aliphatic hydroxyl groups is 2. The van der Waals surface area contributed by atoms with Gasteiger partial charge in [0.1, 0.15) is 0 Å². The highest BCUT2D eigenvalue weighted by Crippen LogP contribution is 2.10. The number of ether oxygens (including phenoxy) is 4. The van der Waals surface area contributed by atoms with E-state index in [1.807, 2.05) is 0 Å². The van der Waals surface area contributed by atoms with Crippen molar-refractivity contribution < 1.29 is 29.2 Å². The molecule has 0 amide bonds. The zero-order valence-corrected chi connectivity index (χ0v) is 16.8. The molecule has 26 heavy (non-hydrogen) atoms. The first-order chi connectivity index (χ1) is 12.8. The molecule has 2 N–H and O–H groups in total. The van der Waals surface area contributed by atoms with Crippen LogP contribution in [0.3, 0.4) is 0 Å². The summed E-state index contributed by atoms with van der Waals surface area (Å²) in [5, 5.41) is 18.2. The Morgan fingerprint density at radius 3 is 1.69 bits per heavy atom. The van der Waals surface area contributed by atoms with Crippen molar-refractivity contribution in [3.63, 3.8) is 0 Å². The zero-order valence-electron chi connectivity index (χ0n) is 16.8. The summed E-state index contributed by atoms with van der Waals surface area (Å²) in [6.07, 6.45) is 12.0. The molecule has 0 aliphatic heterocycles. The Balaban J connectivity index is 3.12. The minimum absolute atomic E-state index is 0.0279. The summed E-state index contributed by atoms with van der Waals surface area (Å²) in [5.41, 5.74) is 0. The Morgan fingerprint density at radius 1 is 0.615 bits per heavy atom. The molecule has 0 aromatic heterocycles. The zero-order chi connectivity index (χ0) is 19.1. The fraction of sp³-hybridized carbons (Fsp3) is 1.00. The van der Waals surface area contributed by atoms with Crippen LogP contribution in [0.15, 0.2) is 0 Å². The van der Waals surface area contributed by atoms with E-state index in [1.165, 1.54) is 51.4 Å². The third-order valence-electron chi connectivity index (χ3n) is 4.05. The summed E-state index contributed by atoms with van der Waals surface area (Å²) in [6.45, 7) is 5.17. The lowest BCUT2D eigenvalue weighted by Gasteiger charge is -2.12. The lowest BCUT2D eigenvalue weighted by atomic mass is 10.1. The van der Waals surface area contributed by atoms with Crippen LogP contribution in [-0.2, 0) is 18.9 Å². The van der Waals surface area contributed by atoms with Crippen LogP contribution in [0.2, 0.25) is 0 Å². The van der Waals surface area contributed by atoms with Crippen LogP contribution < -0.4 is 0 Å². The van der Waals surface area contributed by atoms with Crippen molar-refractivity contribution in [2.75, 3.05) is 52.9 Å². The van der Waals surface area contributed by atoms with Crippen LogP contribution in [0.25, 0.3) is 0 Å². The summed E-state index contributed by atoms with van der Waals surface area (Å²) in [4.78, 5) is 0. The molecule has 158 valence electrons. The van der Waals surface area contributed by atoms with Gasteiger partial charge in [-0.3, -0.25) is 0 Å². The van der Waals surface area contributed by atoms with Crippen molar-refractivity contribution in [2.24, 2.45) is 0 Å². The summed E-state index contributed by atoms with van der Waals surface area (Å²) < 4.78 is 21.0. The Hall–Kier alpha value is -0.240. The van der Waals surface area contributed by atoms with Crippen molar-refractivity contribution in [2.45, 2.75) is 77.4 Å². The molecule has 6 heteroatoms. The predicted octanol–water partition coefficient (Wildman–Crippen LogP) is 3.28. The van der Waals surface area contributed by atoms with E-state index in [-0.39, 0.29) is 13.2 Å². The fourth-order valence-electron chi connectivity index (χ4n) is 2.55. The smallest absolute Gasteiger partial charge is 0.178 e. The van der Waals surface area contributed by atoms with Crippen molar-refractivity contribution >= 4 is 0 Å². The van der Waals surface area contributed by atoms with Crippen molar-refractivity contribution in [1.82, 2.24) is 0 Å². The lowest BCUT2D eigenvalue weighted by Crippen LogP contribution is -2.21. The minimum Gasteiger partial charge on any atom is -0.394 e. The molecule has 0 aliphatic rings. The molecule has 0 saturated heterocycles. The van der Waals surface area contributed by atoms with Crippen LogP contribution >= 0.6 is 0 Å². The Bertz CT molecular complexity index is 252. The summed E-state index contributed by atoms with van der Waals surface area (Å²) in [7, 11) is 0. The fourth-order valence-corrected chi connectivity index (χ4v) is 2.55. The van der Waals surface area contributed by atoms with Gasteiger partial charge in [0.2, 0.25) is 0 Å². The van der Waals surface area contributed by atoms with Gasteiger partial charge in [-0.05, 0) is 6.42 Å². The number of aliphatic hydroxyl groups excluding tert-OH is 2. The molecule has 0 fully saturated rings. The van der Waals surface area contributed by atoms with Crippen LogP contribution in [0, 0.1) is 0 Å². The molecular weight excluding hydrogens is 336 g/mol. The highest BCUT2D eigenvalue weighted by atomic mass is 16.6. The Morgan fingerprint density at radius 2 is 1.12 bits per heavy atom. The van der Waals surface area contributed by atoms with Gasteiger partial charge in [0.05, 0.1) is 46.2 Å². The molecule has 6 nitrogen and oxygen atoms in total. The molecule has 0 aliphatic carbocycles. The van der Waals surface area contributed by atoms with E-state index in [1.54, 1.807) is 0 Å². The third-order valence-corrected chi connectivity index (χ3v) is 4.05. The van der Waals surface area contributed by atoms with Crippen LogP contribution in [0.4, 0.5) is 0 Å². The van der Waals surface area contributed by atoms with Gasteiger partial charge in [-0.2, -0.15) is 0 Å². The monoisotopic (exact) mass is 378 g/mol. The van der Waals surface area contributed by atoms with Gasteiger partial charge in [-0.1, -0.05) is 64.7 Å². The summed E-state index contributed by atoms with van der Waals surface area (Å²) in [6, 6.07) is 0. The number of hydrogen-bond donors (Lipinski definition) is 2. The molecule has 0 heterocycles. The Kier molecular flexibility index (Phi) is 22.6. The van der Waals surface area contributed by atoms with E-state index >= 15 is 0 Å². The van der Waals surface area contributed by atoms with E-state index in [4.69, 9.17) is 24.1 Å². The standard InChI is InChI=1S/C20H42O6/c1-2-3-4-5-6-7-8-9-10-11-13-26-20(22)19-25-18-17-24-16-15-23-14-12-21/h20-22H,2-19H2,1H3. The SMILES string of the molecule is CCCCCCCCCCCCOC(O)COCCOCCOCCO. The number of hydrogen-bond acceptors (Lipinski definition) is 6. The first kappa shape index (κ1) is 25.8. The van der Waals surface area contributed by atoms with E-state index in [9.17, 15) is 5.11 Å².